The zero-order valence-electron chi connectivity index (χ0n) is 9.87. The summed E-state index contributed by atoms with van der Waals surface area (Å²) in [6.07, 6.45) is 0. The predicted molar refractivity (Wildman–Crippen MR) is 58.5 cm³/mol. The van der Waals surface area contributed by atoms with Crippen molar-refractivity contribution in [1.29, 1.82) is 5.26 Å². The molecule has 0 saturated heterocycles. The van der Waals surface area contributed by atoms with Crippen molar-refractivity contribution >= 4 is 5.97 Å². The van der Waals surface area contributed by atoms with E-state index >= 15 is 0 Å². The predicted octanol–water partition coefficient (Wildman–Crippen LogP) is 2.64. The molecule has 0 aliphatic heterocycles. The Balaban J connectivity index is 3.21. The van der Waals surface area contributed by atoms with Crippen molar-refractivity contribution < 1.29 is 23.0 Å². The van der Waals surface area contributed by atoms with E-state index in [1.807, 2.05) is 0 Å². The summed E-state index contributed by atoms with van der Waals surface area (Å²) in [7, 11) is 0. The van der Waals surface area contributed by atoms with Crippen molar-refractivity contribution in [2.75, 3.05) is 6.61 Å². The number of ether oxygens (including phenoxy) is 2. The van der Waals surface area contributed by atoms with Gasteiger partial charge in [0.2, 0.25) is 0 Å². The summed E-state index contributed by atoms with van der Waals surface area (Å²) in [4.78, 5) is 11.6. The maximum Gasteiger partial charge on any atom is 0.387 e. The number of esters is 1. The smallest absolute Gasteiger partial charge is 0.387 e. The zero-order chi connectivity index (χ0) is 13.7. The molecular weight excluding hydrogens is 244 g/mol. The van der Waals surface area contributed by atoms with Crippen LogP contribution in [0.2, 0.25) is 0 Å². The molecule has 0 spiro atoms. The van der Waals surface area contributed by atoms with Crippen molar-refractivity contribution in [2.45, 2.75) is 20.5 Å². The topological polar surface area (TPSA) is 59.3 Å². The number of halogens is 2. The summed E-state index contributed by atoms with van der Waals surface area (Å²) < 4.78 is 33.3. The van der Waals surface area contributed by atoms with E-state index in [1.165, 1.54) is 6.07 Å². The maximum absolute atomic E-state index is 12.2. The number of carbonyl (C=O) groups excluding carboxylic acids is 1. The summed E-state index contributed by atoms with van der Waals surface area (Å²) in [6, 6.07) is 4.13. The van der Waals surface area contributed by atoms with Gasteiger partial charge in [-0.3, -0.25) is 0 Å². The highest BCUT2D eigenvalue weighted by molar-refractivity contribution is 5.92. The third-order valence-corrected chi connectivity index (χ3v) is 2.16. The van der Waals surface area contributed by atoms with E-state index in [-0.39, 0.29) is 23.5 Å². The van der Waals surface area contributed by atoms with Crippen molar-refractivity contribution in [3.05, 3.63) is 28.8 Å². The Kier molecular flexibility index (Phi) is 4.60. The minimum atomic E-state index is -3.06. The summed E-state index contributed by atoms with van der Waals surface area (Å²) in [5.41, 5.74) is 0.513. The average Bonchev–Trinajstić information content (AvgIpc) is 2.30. The lowest BCUT2D eigenvalue weighted by Gasteiger charge is -2.11. The molecular formula is C12H11F2NO3. The van der Waals surface area contributed by atoms with Crippen LogP contribution in [0.5, 0.6) is 5.75 Å². The number of aryl methyl sites for hydroxylation is 1. The number of rotatable bonds is 4. The van der Waals surface area contributed by atoms with Crippen LogP contribution in [0.15, 0.2) is 12.1 Å². The summed E-state index contributed by atoms with van der Waals surface area (Å²) in [5.74, 6) is -0.972. The molecule has 1 rings (SSSR count). The van der Waals surface area contributed by atoms with Gasteiger partial charge in [0.25, 0.3) is 0 Å². The standard InChI is InChI=1S/C12H11F2NO3/c1-3-17-11(16)9-5-10(18-12(13)14)8(6-15)4-7(9)2/h4-5,12H,3H2,1-2H3. The number of benzene rings is 1. The first kappa shape index (κ1) is 13.9. The number of hydrogen-bond donors (Lipinski definition) is 0. The monoisotopic (exact) mass is 255 g/mol. The van der Waals surface area contributed by atoms with Crippen LogP contribution in [0.25, 0.3) is 0 Å². The Hall–Kier alpha value is -2.16. The van der Waals surface area contributed by atoms with E-state index in [1.54, 1.807) is 19.9 Å². The number of carbonyl (C=O) groups is 1. The van der Waals surface area contributed by atoms with Gasteiger partial charge in [0, 0.05) is 0 Å². The Morgan fingerprint density at radius 2 is 2.17 bits per heavy atom. The summed E-state index contributed by atoms with van der Waals surface area (Å²) in [5, 5.41) is 8.80. The Labute approximate surface area is 103 Å². The maximum atomic E-state index is 12.2. The fourth-order valence-corrected chi connectivity index (χ4v) is 1.40. The molecule has 0 unspecified atom stereocenters. The number of nitrogens with zero attached hydrogens (tertiary/aromatic N) is 1. The van der Waals surface area contributed by atoms with Gasteiger partial charge >= 0.3 is 12.6 Å². The average molecular weight is 255 g/mol. The minimum Gasteiger partial charge on any atom is -0.462 e. The molecule has 0 saturated carbocycles. The molecule has 18 heavy (non-hydrogen) atoms. The molecule has 1 aromatic rings. The lowest BCUT2D eigenvalue weighted by atomic mass is 10.0. The first-order chi connectivity index (χ1) is 8.49. The van der Waals surface area contributed by atoms with Crippen LogP contribution in [0.1, 0.15) is 28.4 Å². The van der Waals surface area contributed by atoms with E-state index < -0.39 is 12.6 Å². The second-order valence-electron chi connectivity index (χ2n) is 3.37. The quantitative estimate of drug-likeness (QED) is 0.776. The molecule has 0 aliphatic rings. The van der Waals surface area contributed by atoms with Crippen LogP contribution in [-0.4, -0.2) is 19.2 Å². The van der Waals surface area contributed by atoms with Crippen molar-refractivity contribution in [3.63, 3.8) is 0 Å². The minimum absolute atomic E-state index is 0.0548. The van der Waals surface area contributed by atoms with Crippen molar-refractivity contribution in [3.8, 4) is 11.8 Å². The summed E-state index contributed by atoms with van der Waals surface area (Å²) in [6.45, 7) is 0.325. The van der Waals surface area contributed by atoms with Crippen LogP contribution in [0, 0.1) is 18.3 Å². The van der Waals surface area contributed by atoms with Gasteiger partial charge in [-0.2, -0.15) is 14.0 Å². The van der Waals surface area contributed by atoms with Gasteiger partial charge in [-0.15, -0.1) is 0 Å². The molecule has 0 heterocycles. The molecule has 96 valence electrons. The number of alkyl halides is 2. The molecule has 0 aliphatic carbocycles. The molecule has 0 atom stereocenters. The number of hydrogen-bond acceptors (Lipinski definition) is 4. The molecule has 0 radical (unpaired) electrons. The van der Waals surface area contributed by atoms with Gasteiger partial charge in [0.15, 0.2) is 0 Å². The van der Waals surface area contributed by atoms with E-state index in [4.69, 9.17) is 10.00 Å². The Morgan fingerprint density at radius 1 is 1.50 bits per heavy atom. The Morgan fingerprint density at radius 3 is 2.67 bits per heavy atom. The highest BCUT2D eigenvalue weighted by Gasteiger charge is 2.17. The van der Waals surface area contributed by atoms with Gasteiger partial charge in [-0.25, -0.2) is 4.79 Å². The van der Waals surface area contributed by atoms with Gasteiger partial charge in [0.05, 0.1) is 17.7 Å². The molecule has 0 fully saturated rings. The lowest BCUT2D eigenvalue weighted by Crippen LogP contribution is -2.10. The van der Waals surface area contributed by atoms with Gasteiger partial charge in [0.1, 0.15) is 11.8 Å². The molecule has 0 N–H and O–H groups in total. The van der Waals surface area contributed by atoms with E-state index in [2.05, 4.69) is 4.74 Å². The largest absolute Gasteiger partial charge is 0.462 e. The van der Waals surface area contributed by atoms with Gasteiger partial charge in [-0.1, -0.05) is 0 Å². The first-order valence-corrected chi connectivity index (χ1v) is 5.16. The van der Waals surface area contributed by atoms with Crippen LogP contribution in [0.3, 0.4) is 0 Å². The first-order valence-electron chi connectivity index (χ1n) is 5.16. The van der Waals surface area contributed by atoms with Gasteiger partial charge < -0.3 is 9.47 Å². The zero-order valence-corrected chi connectivity index (χ0v) is 9.87. The molecule has 0 aromatic heterocycles. The van der Waals surface area contributed by atoms with Crippen LogP contribution in [0.4, 0.5) is 8.78 Å². The van der Waals surface area contributed by atoms with Crippen molar-refractivity contribution in [1.82, 2.24) is 0 Å². The second kappa shape index (κ2) is 5.96. The molecule has 0 bridgehead atoms. The lowest BCUT2D eigenvalue weighted by molar-refractivity contribution is -0.0501. The van der Waals surface area contributed by atoms with Crippen LogP contribution >= 0.6 is 0 Å². The molecule has 4 nitrogen and oxygen atoms in total. The SMILES string of the molecule is CCOC(=O)c1cc(OC(F)F)c(C#N)cc1C. The Bertz CT molecular complexity index is 495. The van der Waals surface area contributed by atoms with E-state index in [0.29, 0.717) is 5.56 Å². The second-order valence-corrected chi connectivity index (χ2v) is 3.37. The highest BCUT2D eigenvalue weighted by Crippen LogP contribution is 2.25. The third kappa shape index (κ3) is 3.17. The molecule has 1 aromatic carbocycles. The fraction of sp³-hybridized carbons (Fsp3) is 0.333. The third-order valence-electron chi connectivity index (χ3n) is 2.16. The normalized spacial score (nSPS) is 10.0. The molecule has 6 heteroatoms. The summed E-state index contributed by atoms with van der Waals surface area (Å²) >= 11 is 0. The fourth-order valence-electron chi connectivity index (χ4n) is 1.40. The van der Waals surface area contributed by atoms with Gasteiger partial charge in [-0.05, 0) is 31.5 Å². The van der Waals surface area contributed by atoms with Crippen molar-refractivity contribution in [2.24, 2.45) is 0 Å². The number of nitriles is 1. The highest BCUT2D eigenvalue weighted by atomic mass is 19.3. The van der Waals surface area contributed by atoms with Crippen LogP contribution in [-0.2, 0) is 4.74 Å². The van der Waals surface area contributed by atoms with E-state index in [0.717, 1.165) is 6.07 Å². The molecule has 0 amide bonds. The van der Waals surface area contributed by atoms with E-state index in [9.17, 15) is 13.6 Å². The van der Waals surface area contributed by atoms with Crippen LogP contribution < -0.4 is 4.74 Å².